The molecule has 2 N–H and O–H groups in total. The zero-order valence-electron chi connectivity index (χ0n) is 19.7. The first-order valence-corrected chi connectivity index (χ1v) is 11.5. The quantitative estimate of drug-likeness (QED) is 0.582. The number of nitrogens with one attached hydrogen (secondary N) is 1. The van der Waals surface area contributed by atoms with E-state index in [9.17, 15) is 14.7 Å². The Hall–Kier alpha value is -3.17. The third kappa shape index (κ3) is 6.43. The summed E-state index contributed by atoms with van der Waals surface area (Å²) in [6.45, 7) is 5.95. The van der Waals surface area contributed by atoms with Crippen LogP contribution in [-0.2, 0) is 23.1 Å². The number of rotatable bonds is 9. The predicted octanol–water partition coefficient (Wildman–Crippen LogP) is 3.62. The van der Waals surface area contributed by atoms with E-state index in [1.54, 1.807) is 17.8 Å². The van der Waals surface area contributed by atoms with Crippen LogP contribution in [-0.4, -0.2) is 49.4 Å². The van der Waals surface area contributed by atoms with Gasteiger partial charge in [0.2, 0.25) is 0 Å². The minimum atomic E-state index is -0.763. The first-order valence-electron chi connectivity index (χ1n) is 11.5. The Morgan fingerprint density at radius 2 is 2.12 bits per heavy atom. The average molecular weight is 460 g/mol. The maximum absolute atomic E-state index is 12.1. The molecule has 3 atom stereocenters. The molecule has 1 amide bonds. The molecule has 2 aromatic heterocycles. The lowest BCUT2D eigenvalue weighted by Gasteiger charge is -2.27. The van der Waals surface area contributed by atoms with Gasteiger partial charge < -0.3 is 19.9 Å². The summed E-state index contributed by atoms with van der Waals surface area (Å²) in [5.41, 5.74) is 2.57. The number of hydrogen-bond acceptors (Lipinski definition) is 7. The van der Waals surface area contributed by atoms with E-state index in [2.05, 4.69) is 20.6 Å². The number of amides is 1. The molecule has 33 heavy (non-hydrogen) atoms. The molecule has 0 bridgehead atoms. The molecule has 10 heteroatoms. The van der Waals surface area contributed by atoms with Gasteiger partial charge in [-0.2, -0.15) is 0 Å². The zero-order valence-corrected chi connectivity index (χ0v) is 19.7. The van der Waals surface area contributed by atoms with Crippen LogP contribution in [0.2, 0.25) is 0 Å². The van der Waals surface area contributed by atoms with Crippen LogP contribution in [0.4, 0.5) is 4.79 Å². The zero-order chi connectivity index (χ0) is 24.0. The molecule has 1 fully saturated rings. The Bertz CT molecular complexity index is 976. The van der Waals surface area contributed by atoms with Crippen molar-refractivity contribution in [2.24, 2.45) is 13.0 Å². The smallest absolute Gasteiger partial charge is 0.407 e. The number of aryl methyl sites for hydroxylation is 2. The number of carbonyl (C=O) groups is 2. The summed E-state index contributed by atoms with van der Waals surface area (Å²) in [5.74, 6) is -0.490. The summed E-state index contributed by atoms with van der Waals surface area (Å²) in [4.78, 5) is 28.0. The fourth-order valence-corrected chi connectivity index (χ4v) is 4.08. The van der Waals surface area contributed by atoms with Crippen LogP contribution in [0.3, 0.4) is 0 Å². The van der Waals surface area contributed by atoms with Crippen molar-refractivity contribution in [3.8, 4) is 17.1 Å². The molecule has 180 valence electrons. The highest BCUT2D eigenvalue weighted by Gasteiger charge is 2.28. The largest absolute Gasteiger partial charge is 0.489 e. The van der Waals surface area contributed by atoms with Gasteiger partial charge in [-0.25, -0.2) is 14.5 Å². The van der Waals surface area contributed by atoms with Crippen LogP contribution in [0, 0.1) is 12.8 Å². The molecule has 0 saturated heterocycles. The maximum Gasteiger partial charge on any atom is 0.407 e. The third-order valence-electron chi connectivity index (χ3n) is 5.90. The van der Waals surface area contributed by atoms with Gasteiger partial charge >= 0.3 is 12.1 Å². The number of carboxylic acids is 1. The second-order valence-electron chi connectivity index (χ2n) is 8.59. The molecule has 1 aliphatic carbocycles. The van der Waals surface area contributed by atoms with Crippen molar-refractivity contribution in [3.63, 3.8) is 0 Å². The summed E-state index contributed by atoms with van der Waals surface area (Å²) in [7, 11) is 1.75. The molecule has 2 heterocycles. The number of hydrogen-bond donors (Lipinski definition) is 2. The van der Waals surface area contributed by atoms with E-state index in [0.717, 1.165) is 25.7 Å². The Morgan fingerprint density at radius 1 is 1.33 bits per heavy atom. The first kappa shape index (κ1) is 24.5. The van der Waals surface area contributed by atoms with E-state index in [4.69, 9.17) is 9.47 Å². The SMILES string of the molecule is CCC[C@@H](C)OC(=O)NCc1c(-c2ccc(O[C@H]3CCC[C@H](C(=O)O)C3)c(C)n2)nnn1C. The summed E-state index contributed by atoms with van der Waals surface area (Å²) in [5, 5.41) is 20.4. The lowest BCUT2D eigenvalue weighted by Crippen LogP contribution is -2.29. The number of aromatic nitrogens is 4. The van der Waals surface area contributed by atoms with Gasteiger partial charge in [0.15, 0.2) is 0 Å². The van der Waals surface area contributed by atoms with Crippen molar-refractivity contribution in [3.05, 3.63) is 23.5 Å². The molecular weight excluding hydrogens is 426 g/mol. The average Bonchev–Trinajstić information content (AvgIpc) is 3.14. The summed E-state index contributed by atoms with van der Waals surface area (Å²) in [6, 6.07) is 3.63. The van der Waals surface area contributed by atoms with Crippen molar-refractivity contribution in [1.29, 1.82) is 0 Å². The van der Waals surface area contributed by atoms with Gasteiger partial charge in [0, 0.05) is 7.05 Å². The fraction of sp³-hybridized carbons (Fsp3) is 0.609. The van der Waals surface area contributed by atoms with Gasteiger partial charge in [-0.05, 0) is 58.1 Å². The number of carbonyl (C=O) groups excluding carboxylic acids is 1. The number of carboxylic acid groups (broad SMARTS) is 1. The van der Waals surface area contributed by atoms with E-state index in [1.807, 2.05) is 26.8 Å². The first-order chi connectivity index (χ1) is 15.8. The van der Waals surface area contributed by atoms with Crippen molar-refractivity contribution in [2.75, 3.05) is 0 Å². The van der Waals surface area contributed by atoms with Crippen LogP contribution in [0.25, 0.3) is 11.4 Å². The molecule has 1 saturated carbocycles. The number of alkyl carbamates (subject to hydrolysis) is 1. The number of aliphatic carboxylic acids is 1. The lowest BCUT2D eigenvalue weighted by molar-refractivity contribution is -0.143. The second-order valence-corrected chi connectivity index (χ2v) is 8.59. The highest BCUT2D eigenvalue weighted by Crippen LogP contribution is 2.30. The van der Waals surface area contributed by atoms with E-state index < -0.39 is 12.1 Å². The third-order valence-corrected chi connectivity index (χ3v) is 5.90. The highest BCUT2D eigenvalue weighted by atomic mass is 16.6. The lowest BCUT2D eigenvalue weighted by atomic mass is 9.87. The Kier molecular flexibility index (Phi) is 8.24. The van der Waals surface area contributed by atoms with Crippen molar-refractivity contribution in [2.45, 2.75) is 78.0 Å². The van der Waals surface area contributed by atoms with Gasteiger partial charge in [0.1, 0.15) is 17.5 Å². The fourth-order valence-electron chi connectivity index (χ4n) is 4.08. The number of pyridine rings is 1. The standard InChI is InChI=1S/C23H33N5O5/c1-5-7-14(2)32-23(31)24-13-19-21(26-27-28(19)4)18-10-11-20(15(3)25-18)33-17-9-6-8-16(12-17)22(29)30/h10-11,14,16-17H,5-9,12-13H2,1-4H3,(H,24,31)(H,29,30)/t14-,16+,17+/m1/s1. The predicted molar refractivity (Wildman–Crippen MR) is 121 cm³/mol. The van der Waals surface area contributed by atoms with Crippen LogP contribution in [0.15, 0.2) is 12.1 Å². The Balaban J connectivity index is 1.67. The molecule has 0 unspecified atom stereocenters. The molecule has 0 aromatic carbocycles. The Labute approximate surface area is 193 Å². The van der Waals surface area contributed by atoms with Crippen LogP contribution in [0.5, 0.6) is 5.75 Å². The van der Waals surface area contributed by atoms with Crippen molar-refractivity contribution in [1.82, 2.24) is 25.3 Å². The van der Waals surface area contributed by atoms with Gasteiger partial charge in [0.05, 0.1) is 35.6 Å². The van der Waals surface area contributed by atoms with E-state index >= 15 is 0 Å². The van der Waals surface area contributed by atoms with Gasteiger partial charge in [0.25, 0.3) is 0 Å². The van der Waals surface area contributed by atoms with Gasteiger partial charge in [-0.15, -0.1) is 5.10 Å². The minimum Gasteiger partial charge on any atom is -0.489 e. The topological polar surface area (TPSA) is 128 Å². The number of nitrogens with zero attached hydrogens (tertiary/aromatic N) is 4. The molecule has 0 aliphatic heterocycles. The Morgan fingerprint density at radius 3 is 2.82 bits per heavy atom. The molecule has 1 aliphatic rings. The second kappa shape index (κ2) is 11.1. The van der Waals surface area contributed by atoms with Crippen molar-refractivity contribution < 1.29 is 24.2 Å². The monoisotopic (exact) mass is 459 g/mol. The molecule has 0 spiro atoms. The summed E-state index contributed by atoms with van der Waals surface area (Å²) >= 11 is 0. The minimum absolute atomic E-state index is 0.136. The van der Waals surface area contributed by atoms with Crippen LogP contribution in [0.1, 0.15) is 63.8 Å². The van der Waals surface area contributed by atoms with Gasteiger partial charge in [-0.1, -0.05) is 18.6 Å². The number of ether oxygens (including phenoxy) is 2. The van der Waals surface area contributed by atoms with E-state index in [1.165, 1.54) is 0 Å². The summed E-state index contributed by atoms with van der Waals surface area (Å²) < 4.78 is 13.0. The maximum atomic E-state index is 12.1. The van der Waals surface area contributed by atoms with E-state index in [0.29, 0.717) is 41.4 Å². The molecular formula is C23H33N5O5. The van der Waals surface area contributed by atoms with Crippen molar-refractivity contribution >= 4 is 12.1 Å². The normalized spacial score (nSPS) is 19.0. The molecule has 2 aromatic rings. The molecule has 10 nitrogen and oxygen atoms in total. The molecule has 3 rings (SSSR count). The molecule has 0 radical (unpaired) electrons. The highest BCUT2D eigenvalue weighted by molar-refractivity contribution is 5.70. The van der Waals surface area contributed by atoms with Crippen LogP contribution < -0.4 is 10.1 Å². The summed E-state index contributed by atoms with van der Waals surface area (Å²) in [6.07, 6.45) is 3.85. The van der Waals surface area contributed by atoms with E-state index in [-0.39, 0.29) is 24.7 Å². The van der Waals surface area contributed by atoms with Gasteiger partial charge in [-0.3, -0.25) is 4.79 Å². The van der Waals surface area contributed by atoms with Crippen LogP contribution >= 0.6 is 0 Å².